The van der Waals surface area contributed by atoms with Gasteiger partial charge < -0.3 is 20.1 Å². The maximum atomic E-state index is 12.4. The van der Waals surface area contributed by atoms with Crippen LogP contribution < -0.4 is 15.4 Å². The van der Waals surface area contributed by atoms with Crippen LogP contribution in [0.3, 0.4) is 0 Å². The van der Waals surface area contributed by atoms with Crippen molar-refractivity contribution in [3.63, 3.8) is 0 Å². The maximum Gasteiger partial charge on any atom is 0.310 e. The molecule has 0 atom stereocenters. The fraction of sp³-hybridized carbons (Fsp3) is 0.160. The summed E-state index contributed by atoms with van der Waals surface area (Å²) in [6.07, 6.45) is -0.0227. The van der Waals surface area contributed by atoms with Crippen LogP contribution in [0.1, 0.15) is 22.8 Å². The highest BCUT2D eigenvalue weighted by atomic mass is 35.5. The fourth-order valence-electron chi connectivity index (χ4n) is 2.90. The van der Waals surface area contributed by atoms with Crippen molar-refractivity contribution in [3.8, 4) is 5.75 Å². The van der Waals surface area contributed by atoms with E-state index in [0.717, 1.165) is 5.75 Å². The van der Waals surface area contributed by atoms with E-state index in [1.807, 2.05) is 6.92 Å². The molecule has 0 heterocycles. The first-order chi connectivity index (χ1) is 15.9. The van der Waals surface area contributed by atoms with E-state index in [9.17, 15) is 14.4 Å². The van der Waals surface area contributed by atoms with Crippen molar-refractivity contribution in [1.29, 1.82) is 0 Å². The molecule has 3 rings (SSSR count). The molecule has 0 aliphatic carbocycles. The second-order valence-corrected chi connectivity index (χ2v) is 7.37. The van der Waals surface area contributed by atoms with Crippen molar-refractivity contribution in [3.05, 3.63) is 88.9 Å². The summed E-state index contributed by atoms with van der Waals surface area (Å²) in [6, 6.07) is 20.4. The molecule has 0 spiro atoms. The Morgan fingerprint density at radius 1 is 0.848 bits per heavy atom. The van der Waals surface area contributed by atoms with Crippen LogP contribution in [-0.4, -0.2) is 31.0 Å². The smallest absolute Gasteiger partial charge is 0.310 e. The van der Waals surface area contributed by atoms with Gasteiger partial charge in [-0.05, 0) is 67.1 Å². The number of nitrogens with one attached hydrogen (secondary N) is 2. The minimum absolute atomic E-state index is 0.0227. The lowest BCUT2D eigenvalue weighted by Crippen LogP contribution is -2.21. The number of carbonyl (C=O) groups excluding carboxylic acids is 3. The molecular formula is C25H23ClN2O5. The highest BCUT2D eigenvalue weighted by Crippen LogP contribution is 2.18. The van der Waals surface area contributed by atoms with Gasteiger partial charge in [-0.25, -0.2) is 0 Å². The van der Waals surface area contributed by atoms with Crippen molar-refractivity contribution >= 4 is 40.8 Å². The number of halogens is 1. The molecule has 7 nitrogen and oxygen atoms in total. The number of amides is 2. The molecule has 2 amide bonds. The van der Waals surface area contributed by atoms with Gasteiger partial charge in [-0.1, -0.05) is 29.8 Å². The number of anilines is 2. The van der Waals surface area contributed by atoms with Crippen molar-refractivity contribution in [2.45, 2.75) is 13.3 Å². The third-order valence-corrected chi connectivity index (χ3v) is 4.88. The predicted octanol–water partition coefficient (Wildman–Crippen LogP) is 4.72. The van der Waals surface area contributed by atoms with Gasteiger partial charge in [-0.3, -0.25) is 14.4 Å². The van der Waals surface area contributed by atoms with Crippen molar-refractivity contribution < 1.29 is 23.9 Å². The summed E-state index contributed by atoms with van der Waals surface area (Å²) >= 11 is 6.02. The average molecular weight is 467 g/mol. The van der Waals surface area contributed by atoms with Gasteiger partial charge in [0, 0.05) is 22.0 Å². The quantitative estimate of drug-likeness (QED) is 0.445. The second kappa shape index (κ2) is 11.7. The largest absolute Gasteiger partial charge is 0.494 e. The third-order valence-electron chi connectivity index (χ3n) is 4.51. The Bertz CT molecular complexity index is 1110. The monoisotopic (exact) mass is 466 g/mol. The Labute approximate surface area is 196 Å². The van der Waals surface area contributed by atoms with E-state index in [-0.39, 0.29) is 12.3 Å². The maximum absolute atomic E-state index is 12.4. The van der Waals surface area contributed by atoms with Crippen LogP contribution in [0.5, 0.6) is 5.75 Å². The van der Waals surface area contributed by atoms with E-state index in [4.69, 9.17) is 21.1 Å². The predicted molar refractivity (Wildman–Crippen MR) is 127 cm³/mol. The zero-order valence-corrected chi connectivity index (χ0v) is 18.7. The number of rotatable bonds is 9. The minimum Gasteiger partial charge on any atom is -0.494 e. The molecule has 33 heavy (non-hydrogen) atoms. The molecule has 0 unspecified atom stereocenters. The summed E-state index contributed by atoms with van der Waals surface area (Å²) in [7, 11) is 0. The molecule has 170 valence electrons. The van der Waals surface area contributed by atoms with Crippen molar-refractivity contribution in [2.75, 3.05) is 23.8 Å². The van der Waals surface area contributed by atoms with Crippen LogP contribution in [0, 0.1) is 0 Å². The summed E-state index contributed by atoms with van der Waals surface area (Å²) < 4.78 is 10.4. The summed E-state index contributed by atoms with van der Waals surface area (Å²) in [4.78, 5) is 36.4. The number of ether oxygens (including phenoxy) is 2. The van der Waals surface area contributed by atoms with Crippen LogP contribution >= 0.6 is 11.6 Å². The molecule has 0 fully saturated rings. The van der Waals surface area contributed by atoms with Crippen LogP contribution in [0.4, 0.5) is 11.4 Å². The topological polar surface area (TPSA) is 93.7 Å². The van der Waals surface area contributed by atoms with E-state index >= 15 is 0 Å². The van der Waals surface area contributed by atoms with Gasteiger partial charge in [0.05, 0.1) is 13.0 Å². The van der Waals surface area contributed by atoms with Gasteiger partial charge in [0.25, 0.3) is 11.8 Å². The molecule has 2 N–H and O–H groups in total. The third kappa shape index (κ3) is 7.36. The first-order valence-electron chi connectivity index (χ1n) is 10.3. The van der Waals surface area contributed by atoms with Gasteiger partial charge >= 0.3 is 5.97 Å². The number of benzene rings is 3. The van der Waals surface area contributed by atoms with Crippen LogP contribution in [0.15, 0.2) is 72.8 Å². The van der Waals surface area contributed by atoms with Gasteiger partial charge in [-0.2, -0.15) is 0 Å². The Kier molecular flexibility index (Phi) is 8.43. The van der Waals surface area contributed by atoms with Gasteiger partial charge in [-0.15, -0.1) is 0 Å². The Balaban J connectivity index is 1.46. The van der Waals surface area contributed by atoms with Gasteiger partial charge in [0.2, 0.25) is 0 Å². The summed E-state index contributed by atoms with van der Waals surface area (Å²) in [5, 5.41) is 5.88. The average Bonchev–Trinajstić information content (AvgIpc) is 2.81. The molecular weight excluding hydrogens is 444 g/mol. The first kappa shape index (κ1) is 23.8. The van der Waals surface area contributed by atoms with Crippen molar-refractivity contribution in [2.24, 2.45) is 0 Å². The lowest BCUT2D eigenvalue weighted by atomic mass is 10.1. The SMILES string of the molecule is CCOc1ccc(NC(=O)c2ccc(NC(=O)COC(=O)Cc3ccccc3Cl)cc2)cc1. The fourth-order valence-corrected chi connectivity index (χ4v) is 3.10. The molecule has 0 bridgehead atoms. The summed E-state index contributed by atoms with van der Waals surface area (Å²) in [6.45, 7) is 2.04. The molecule has 0 aliphatic rings. The van der Waals surface area contributed by atoms with Crippen LogP contribution in [-0.2, 0) is 20.7 Å². The highest BCUT2D eigenvalue weighted by molar-refractivity contribution is 6.31. The molecule has 3 aromatic carbocycles. The van der Waals surface area contributed by atoms with Crippen LogP contribution in [0.25, 0.3) is 0 Å². The molecule has 0 saturated carbocycles. The zero-order chi connectivity index (χ0) is 23.6. The van der Waals surface area contributed by atoms with Crippen LogP contribution in [0.2, 0.25) is 5.02 Å². The Hall–Kier alpha value is -3.84. The Morgan fingerprint density at radius 2 is 1.48 bits per heavy atom. The number of hydrogen-bond donors (Lipinski definition) is 2. The number of hydrogen-bond acceptors (Lipinski definition) is 5. The lowest BCUT2D eigenvalue weighted by Gasteiger charge is -2.09. The molecule has 0 aromatic heterocycles. The summed E-state index contributed by atoms with van der Waals surface area (Å²) in [5.74, 6) is -0.607. The number of esters is 1. The second-order valence-electron chi connectivity index (χ2n) is 6.97. The zero-order valence-electron chi connectivity index (χ0n) is 18.0. The standard InChI is InChI=1S/C25H23ClN2O5/c1-2-32-21-13-11-20(12-14-21)28-25(31)17-7-9-19(10-8-17)27-23(29)16-33-24(30)15-18-5-3-4-6-22(18)26/h3-14H,2,15-16H2,1H3,(H,27,29)(H,28,31). The van der Waals surface area contributed by atoms with E-state index in [0.29, 0.717) is 34.1 Å². The minimum atomic E-state index is -0.556. The number of carbonyl (C=O) groups is 3. The molecule has 0 aliphatic heterocycles. The summed E-state index contributed by atoms with van der Waals surface area (Å²) in [5.41, 5.74) is 2.16. The molecule has 8 heteroatoms. The first-order valence-corrected chi connectivity index (χ1v) is 10.7. The Morgan fingerprint density at radius 3 is 2.15 bits per heavy atom. The lowest BCUT2D eigenvalue weighted by molar-refractivity contribution is -0.146. The van der Waals surface area contributed by atoms with E-state index < -0.39 is 18.5 Å². The molecule has 3 aromatic rings. The molecule has 0 radical (unpaired) electrons. The van der Waals surface area contributed by atoms with Crippen molar-refractivity contribution in [1.82, 2.24) is 0 Å². The molecule has 0 saturated heterocycles. The van der Waals surface area contributed by atoms with E-state index in [2.05, 4.69) is 10.6 Å². The van der Waals surface area contributed by atoms with E-state index in [1.54, 1.807) is 72.8 Å². The normalized spacial score (nSPS) is 10.2. The van der Waals surface area contributed by atoms with Gasteiger partial charge in [0.15, 0.2) is 6.61 Å². The van der Waals surface area contributed by atoms with E-state index in [1.165, 1.54) is 0 Å². The van der Waals surface area contributed by atoms with Gasteiger partial charge in [0.1, 0.15) is 5.75 Å². The highest BCUT2D eigenvalue weighted by Gasteiger charge is 2.12.